The predicted octanol–water partition coefficient (Wildman–Crippen LogP) is 1.65. The number of carbonyl (C=O) groups is 3. The maximum Gasteiger partial charge on any atom is 0.243 e. The van der Waals surface area contributed by atoms with E-state index in [1.807, 2.05) is 0 Å². The van der Waals surface area contributed by atoms with Crippen molar-refractivity contribution in [2.75, 3.05) is 6.54 Å². The van der Waals surface area contributed by atoms with Crippen LogP contribution in [-0.2, 0) is 20.9 Å². The molecule has 124 valence electrons. The number of Topliss-reactive ketones (excluding diaryl/α,β-unsaturated/α-hetero) is 1. The highest BCUT2D eigenvalue weighted by Gasteiger charge is 2.37. The molecule has 2 amide bonds. The molecule has 1 aliphatic heterocycles. The van der Waals surface area contributed by atoms with Gasteiger partial charge in [-0.25, -0.2) is 0 Å². The number of furan rings is 1. The molecule has 2 heterocycles. The van der Waals surface area contributed by atoms with Gasteiger partial charge in [0.2, 0.25) is 11.8 Å². The molecule has 1 N–H and O–H groups in total. The lowest BCUT2D eigenvalue weighted by Crippen LogP contribution is -2.48. The summed E-state index contributed by atoms with van der Waals surface area (Å²) < 4.78 is 5.20. The topological polar surface area (TPSA) is 79.6 Å². The SMILES string of the molecule is O=C1CCC(C(=O)N2CCC[C@@H]2C(=O)NCc2ccco2)CC1. The number of carbonyl (C=O) groups excluding carboxylic acids is 3. The molecule has 6 nitrogen and oxygen atoms in total. The summed E-state index contributed by atoms with van der Waals surface area (Å²) in [4.78, 5) is 38.1. The minimum Gasteiger partial charge on any atom is -0.467 e. The number of ketones is 1. The molecule has 1 aromatic rings. The molecular weight excluding hydrogens is 296 g/mol. The van der Waals surface area contributed by atoms with Crippen molar-refractivity contribution < 1.29 is 18.8 Å². The zero-order valence-corrected chi connectivity index (χ0v) is 13.1. The summed E-state index contributed by atoms with van der Waals surface area (Å²) in [6, 6.07) is 3.18. The van der Waals surface area contributed by atoms with Crippen LogP contribution in [0.4, 0.5) is 0 Å². The van der Waals surface area contributed by atoms with Crippen LogP contribution in [0.2, 0.25) is 0 Å². The van der Waals surface area contributed by atoms with Gasteiger partial charge in [-0.1, -0.05) is 0 Å². The first-order valence-electron chi connectivity index (χ1n) is 8.27. The maximum absolute atomic E-state index is 12.7. The van der Waals surface area contributed by atoms with Gasteiger partial charge in [0.05, 0.1) is 12.8 Å². The van der Waals surface area contributed by atoms with Gasteiger partial charge in [-0.2, -0.15) is 0 Å². The molecule has 0 bridgehead atoms. The summed E-state index contributed by atoms with van der Waals surface area (Å²) in [5, 5.41) is 2.84. The van der Waals surface area contributed by atoms with Crippen molar-refractivity contribution >= 4 is 17.6 Å². The van der Waals surface area contributed by atoms with Crippen molar-refractivity contribution in [3.05, 3.63) is 24.2 Å². The van der Waals surface area contributed by atoms with E-state index in [4.69, 9.17) is 4.42 Å². The van der Waals surface area contributed by atoms with Gasteiger partial charge in [-0.05, 0) is 37.8 Å². The van der Waals surface area contributed by atoms with Gasteiger partial charge >= 0.3 is 0 Å². The number of rotatable bonds is 4. The molecule has 6 heteroatoms. The smallest absolute Gasteiger partial charge is 0.243 e. The second-order valence-corrected chi connectivity index (χ2v) is 6.30. The highest BCUT2D eigenvalue weighted by Crippen LogP contribution is 2.27. The van der Waals surface area contributed by atoms with E-state index in [0.717, 1.165) is 6.42 Å². The Morgan fingerprint density at radius 2 is 2.04 bits per heavy atom. The number of nitrogens with one attached hydrogen (secondary N) is 1. The minimum absolute atomic E-state index is 0.0353. The minimum atomic E-state index is -0.393. The lowest BCUT2D eigenvalue weighted by Gasteiger charge is -2.29. The van der Waals surface area contributed by atoms with Gasteiger partial charge in [0.25, 0.3) is 0 Å². The van der Waals surface area contributed by atoms with Crippen molar-refractivity contribution in [3.8, 4) is 0 Å². The number of likely N-dealkylation sites (tertiary alicyclic amines) is 1. The molecule has 0 radical (unpaired) electrons. The van der Waals surface area contributed by atoms with Crippen molar-refractivity contribution in [2.24, 2.45) is 5.92 Å². The fraction of sp³-hybridized carbons (Fsp3) is 0.588. The van der Waals surface area contributed by atoms with Crippen LogP contribution in [-0.4, -0.2) is 35.1 Å². The van der Waals surface area contributed by atoms with E-state index in [1.165, 1.54) is 0 Å². The van der Waals surface area contributed by atoms with Gasteiger partial charge in [0.15, 0.2) is 0 Å². The Hall–Kier alpha value is -2.11. The van der Waals surface area contributed by atoms with E-state index in [-0.39, 0.29) is 23.5 Å². The lowest BCUT2D eigenvalue weighted by molar-refractivity contribution is -0.143. The van der Waals surface area contributed by atoms with E-state index in [0.29, 0.717) is 51.0 Å². The first kappa shape index (κ1) is 15.8. The Morgan fingerprint density at radius 3 is 2.74 bits per heavy atom. The molecule has 23 heavy (non-hydrogen) atoms. The summed E-state index contributed by atoms with van der Waals surface area (Å²) in [6.07, 6.45) is 5.32. The molecule has 3 rings (SSSR count). The number of hydrogen-bond acceptors (Lipinski definition) is 4. The van der Waals surface area contributed by atoms with E-state index < -0.39 is 6.04 Å². The summed E-state index contributed by atoms with van der Waals surface area (Å²) in [5.74, 6) is 0.738. The van der Waals surface area contributed by atoms with Crippen LogP contribution in [0.1, 0.15) is 44.3 Å². The Labute approximate surface area is 135 Å². The first-order valence-corrected chi connectivity index (χ1v) is 8.27. The van der Waals surface area contributed by atoms with Crippen LogP contribution in [0.5, 0.6) is 0 Å². The Kier molecular flexibility index (Phi) is 4.79. The van der Waals surface area contributed by atoms with Crippen molar-refractivity contribution in [1.29, 1.82) is 0 Å². The molecule has 1 aliphatic carbocycles. The largest absolute Gasteiger partial charge is 0.467 e. The molecule has 0 spiro atoms. The fourth-order valence-corrected chi connectivity index (χ4v) is 3.43. The Balaban J connectivity index is 1.57. The van der Waals surface area contributed by atoms with Gasteiger partial charge in [-0.15, -0.1) is 0 Å². The van der Waals surface area contributed by atoms with Crippen LogP contribution in [0.3, 0.4) is 0 Å². The van der Waals surface area contributed by atoms with Crippen molar-refractivity contribution in [2.45, 2.75) is 51.1 Å². The maximum atomic E-state index is 12.7. The van der Waals surface area contributed by atoms with Crippen molar-refractivity contribution in [3.63, 3.8) is 0 Å². The van der Waals surface area contributed by atoms with Crippen LogP contribution >= 0.6 is 0 Å². The average molecular weight is 318 g/mol. The molecule has 2 aliphatic rings. The normalized spacial score (nSPS) is 22.3. The first-order chi connectivity index (χ1) is 11.1. The molecule has 0 aromatic carbocycles. The van der Waals surface area contributed by atoms with Crippen molar-refractivity contribution in [1.82, 2.24) is 10.2 Å². The highest BCUT2D eigenvalue weighted by atomic mass is 16.3. The second-order valence-electron chi connectivity index (χ2n) is 6.30. The van der Waals surface area contributed by atoms with Crippen LogP contribution in [0.25, 0.3) is 0 Å². The molecule has 1 saturated carbocycles. The van der Waals surface area contributed by atoms with Gasteiger partial charge in [0, 0.05) is 25.3 Å². The summed E-state index contributed by atoms with van der Waals surface area (Å²) >= 11 is 0. The third-order valence-electron chi connectivity index (χ3n) is 4.75. The van der Waals surface area contributed by atoms with Crippen LogP contribution < -0.4 is 5.32 Å². The van der Waals surface area contributed by atoms with Gasteiger partial charge < -0.3 is 14.6 Å². The van der Waals surface area contributed by atoms with E-state index >= 15 is 0 Å². The molecule has 1 atom stereocenters. The standard InChI is InChI=1S/C17H22N2O4/c20-13-7-5-12(6-8-13)17(22)19-9-1-4-15(19)16(21)18-11-14-3-2-10-23-14/h2-3,10,12,15H,1,4-9,11H2,(H,18,21)/t15-/m1/s1. The fourth-order valence-electron chi connectivity index (χ4n) is 3.43. The summed E-state index contributed by atoms with van der Waals surface area (Å²) in [7, 11) is 0. The quantitative estimate of drug-likeness (QED) is 0.915. The zero-order valence-electron chi connectivity index (χ0n) is 13.1. The van der Waals surface area contributed by atoms with E-state index in [1.54, 1.807) is 23.3 Å². The number of nitrogens with zero attached hydrogens (tertiary/aromatic N) is 1. The Morgan fingerprint density at radius 1 is 1.26 bits per heavy atom. The zero-order chi connectivity index (χ0) is 16.2. The average Bonchev–Trinajstić information content (AvgIpc) is 3.24. The van der Waals surface area contributed by atoms with E-state index in [9.17, 15) is 14.4 Å². The van der Waals surface area contributed by atoms with Crippen LogP contribution in [0, 0.1) is 5.92 Å². The predicted molar refractivity (Wildman–Crippen MR) is 82.3 cm³/mol. The Bertz CT molecular complexity index is 571. The monoisotopic (exact) mass is 318 g/mol. The third-order valence-corrected chi connectivity index (χ3v) is 4.75. The van der Waals surface area contributed by atoms with E-state index in [2.05, 4.69) is 5.32 Å². The number of amides is 2. The molecule has 1 aromatic heterocycles. The molecule has 2 fully saturated rings. The summed E-state index contributed by atoms with van der Waals surface area (Å²) in [6.45, 7) is 0.963. The molecular formula is C17H22N2O4. The lowest BCUT2D eigenvalue weighted by atomic mass is 9.87. The van der Waals surface area contributed by atoms with Gasteiger partial charge in [0.1, 0.15) is 17.6 Å². The molecule has 1 saturated heterocycles. The molecule has 0 unspecified atom stereocenters. The second kappa shape index (κ2) is 6.98. The summed E-state index contributed by atoms with van der Waals surface area (Å²) in [5.41, 5.74) is 0. The highest BCUT2D eigenvalue weighted by molar-refractivity contribution is 5.90. The van der Waals surface area contributed by atoms with Gasteiger partial charge in [-0.3, -0.25) is 14.4 Å². The number of hydrogen-bond donors (Lipinski definition) is 1. The van der Waals surface area contributed by atoms with Crippen LogP contribution in [0.15, 0.2) is 22.8 Å². The third kappa shape index (κ3) is 3.63.